The molecule has 0 aromatic rings. The molecule has 0 aromatic heterocycles. The van der Waals surface area contributed by atoms with Crippen molar-refractivity contribution in [1.82, 2.24) is 5.64 Å². The van der Waals surface area contributed by atoms with Crippen LogP contribution in [0.25, 0.3) is 0 Å². The van der Waals surface area contributed by atoms with Crippen molar-refractivity contribution in [3.8, 4) is 0 Å². The number of hydrogen-bond donors (Lipinski definition) is 3. The number of nitrogens with one attached hydrogen (secondary N) is 3. The monoisotopic (exact) mass is 455 g/mol. The lowest BCUT2D eigenvalue weighted by Gasteiger charge is -2.47. The van der Waals surface area contributed by atoms with E-state index in [9.17, 15) is 10.4 Å². The van der Waals surface area contributed by atoms with E-state index in [1.165, 1.54) is 0 Å². The van der Waals surface area contributed by atoms with Crippen molar-refractivity contribution < 1.29 is 29.8 Å². The molecule has 0 radical (unpaired) electrons. The summed E-state index contributed by atoms with van der Waals surface area (Å²) < 4.78 is 6.38. The smallest absolute Gasteiger partial charge is 0.170 e. The van der Waals surface area contributed by atoms with Crippen LogP contribution in [0.2, 0.25) is 0 Å². The zero-order chi connectivity index (χ0) is 24.0. The van der Waals surface area contributed by atoms with Crippen molar-refractivity contribution in [2.24, 2.45) is 0 Å². The van der Waals surface area contributed by atoms with Crippen molar-refractivity contribution in [2.45, 2.75) is 110 Å². The highest BCUT2D eigenvalue weighted by molar-refractivity contribution is 5.16. The average Bonchev–Trinajstić information content (AvgIpc) is 2.73. The third-order valence-electron chi connectivity index (χ3n) is 6.16. The maximum atomic E-state index is 12.8. The van der Waals surface area contributed by atoms with Gasteiger partial charge in [0, 0.05) is 12.8 Å². The highest BCUT2D eigenvalue weighted by Gasteiger charge is 2.49. The Morgan fingerprint density at radius 3 is 2.44 bits per heavy atom. The van der Waals surface area contributed by atoms with Gasteiger partial charge in [0.2, 0.25) is 0 Å². The van der Waals surface area contributed by atoms with E-state index in [0.29, 0.717) is 18.6 Å². The van der Waals surface area contributed by atoms with E-state index in [4.69, 9.17) is 19.4 Å². The summed E-state index contributed by atoms with van der Waals surface area (Å²) in [6, 6.07) is 0. The van der Waals surface area contributed by atoms with Crippen LogP contribution in [0.5, 0.6) is 0 Å². The van der Waals surface area contributed by atoms with Crippen molar-refractivity contribution in [3.63, 3.8) is 0 Å². The van der Waals surface area contributed by atoms with Crippen LogP contribution >= 0.6 is 0 Å². The van der Waals surface area contributed by atoms with Crippen LogP contribution in [-0.4, -0.2) is 22.8 Å². The van der Waals surface area contributed by atoms with Gasteiger partial charge < -0.3 is 20.0 Å². The van der Waals surface area contributed by atoms with Gasteiger partial charge in [-0.25, -0.2) is 0 Å². The van der Waals surface area contributed by atoms with Crippen molar-refractivity contribution in [3.05, 3.63) is 46.2 Å². The van der Waals surface area contributed by atoms with E-state index in [1.54, 1.807) is 19.9 Å². The second-order valence-corrected chi connectivity index (χ2v) is 10.1. The van der Waals surface area contributed by atoms with Gasteiger partial charge in [0.15, 0.2) is 11.3 Å². The topological polar surface area (TPSA) is 104 Å². The quantitative estimate of drug-likeness (QED) is 0.325. The Labute approximate surface area is 192 Å². The summed E-state index contributed by atoms with van der Waals surface area (Å²) >= 11 is 0. The predicted octanol–water partition coefficient (Wildman–Crippen LogP) is 2.48. The first kappa shape index (κ1) is 26.9. The van der Waals surface area contributed by atoms with Gasteiger partial charge in [-0.3, -0.25) is 4.84 Å². The van der Waals surface area contributed by atoms with Crippen LogP contribution in [0.4, 0.5) is 0 Å². The number of ether oxygens (including phenoxy) is 1. The Morgan fingerprint density at radius 2 is 1.84 bits per heavy atom. The second kappa shape index (κ2) is 11.2. The summed E-state index contributed by atoms with van der Waals surface area (Å²) in [6.07, 6.45) is 12.1. The predicted molar refractivity (Wildman–Crippen MR) is 121 cm³/mol. The Morgan fingerprint density at radius 1 is 1.12 bits per heavy atom. The van der Waals surface area contributed by atoms with Crippen LogP contribution in [-0.2, 0) is 19.4 Å². The molecule has 0 heterocycles. The summed E-state index contributed by atoms with van der Waals surface area (Å²) in [5.41, 5.74) is 0.701. The summed E-state index contributed by atoms with van der Waals surface area (Å²) in [4.78, 5) is 16.1. The van der Waals surface area contributed by atoms with Gasteiger partial charge in [-0.15, -0.1) is 0 Å². The second-order valence-electron chi connectivity index (χ2n) is 10.1. The molecular formula is C23H41N3O6. The van der Waals surface area contributed by atoms with E-state index in [-0.39, 0.29) is 5.23 Å². The van der Waals surface area contributed by atoms with Crippen molar-refractivity contribution in [1.29, 1.82) is 0 Å². The van der Waals surface area contributed by atoms with E-state index >= 15 is 0 Å². The number of hydroxylamine groups is 4. The van der Waals surface area contributed by atoms with Crippen LogP contribution in [0.1, 0.15) is 87.0 Å². The zero-order valence-corrected chi connectivity index (χ0v) is 20.6. The van der Waals surface area contributed by atoms with E-state index < -0.39 is 28.1 Å². The van der Waals surface area contributed by atoms with Crippen LogP contribution in [0, 0.1) is 10.4 Å². The van der Waals surface area contributed by atoms with Gasteiger partial charge >= 0.3 is 0 Å². The van der Waals surface area contributed by atoms with Crippen LogP contribution in [0.15, 0.2) is 35.8 Å². The van der Waals surface area contributed by atoms with Gasteiger partial charge in [0.25, 0.3) is 0 Å². The third-order valence-corrected chi connectivity index (χ3v) is 6.16. The molecule has 4 unspecified atom stereocenters. The Bertz CT molecular complexity index is 700. The first-order valence-electron chi connectivity index (χ1n) is 11.5. The third kappa shape index (κ3) is 7.36. The lowest BCUT2D eigenvalue weighted by molar-refractivity contribution is -1.11. The van der Waals surface area contributed by atoms with Gasteiger partial charge in [0.05, 0.1) is 11.7 Å². The molecule has 184 valence electrons. The SMILES string of the molecule is CCC(C)(OC1C=CCC(O[NH+]([O-])C2=CCCCC2)=C1)C(C)(C)[NH+]([O-])ONOC(C)(C)C. The minimum atomic E-state index is -0.987. The summed E-state index contributed by atoms with van der Waals surface area (Å²) in [6.45, 7) is 12.9. The fraction of sp³-hybridized carbons (Fsp3) is 0.739. The lowest BCUT2D eigenvalue weighted by Crippen LogP contribution is -3.18. The average molecular weight is 456 g/mol. The van der Waals surface area contributed by atoms with Gasteiger partial charge in [-0.1, -0.05) is 24.0 Å². The molecule has 0 amide bonds. The largest absolute Gasteiger partial charge is 0.598 e. The molecule has 2 aliphatic carbocycles. The molecule has 4 atom stereocenters. The number of hydrogen-bond acceptors (Lipinski definition) is 7. The Balaban J connectivity index is 2.03. The lowest BCUT2D eigenvalue weighted by atomic mass is 9.82. The molecule has 0 bridgehead atoms. The number of allylic oxidation sites excluding steroid dienone is 3. The molecular weight excluding hydrogens is 414 g/mol. The molecule has 0 fully saturated rings. The molecule has 9 heteroatoms. The molecule has 32 heavy (non-hydrogen) atoms. The molecule has 0 saturated heterocycles. The minimum Gasteiger partial charge on any atom is -0.598 e. The molecule has 9 nitrogen and oxygen atoms in total. The normalized spacial score (nSPS) is 23.7. The number of quaternary nitrogens is 2. The molecule has 0 saturated carbocycles. The number of rotatable bonds is 11. The highest BCUT2D eigenvalue weighted by atomic mass is 17.1. The molecule has 0 spiro atoms. The van der Waals surface area contributed by atoms with Crippen LogP contribution in [0.3, 0.4) is 0 Å². The Kier molecular flexibility index (Phi) is 9.45. The summed E-state index contributed by atoms with van der Waals surface area (Å²) in [7, 11) is 0. The van der Waals surface area contributed by atoms with E-state index in [2.05, 4.69) is 5.64 Å². The Hall–Kier alpha value is -1.30. The minimum absolute atomic E-state index is 0.280. The van der Waals surface area contributed by atoms with E-state index in [0.717, 1.165) is 31.4 Å². The molecule has 3 N–H and O–H groups in total. The fourth-order valence-electron chi connectivity index (χ4n) is 3.48. The first-order valence-corrected chi connectivity index (χ1v) is 11.5. The first-order chi connectivity index (χ1) is 14.9. The maximum absolute atomic E-state index is 12.8. The molecule has 0 aliphatic heterocycles. The van der Waals surface area contributed by atoms with Gasteiger partial charge in [-0.2, -0.15) is 10.5 Å². The van der Waals surface area contributed by atoms with Gasteiger partial charge in [0.1, 0.15) is 11.3 Å². The summed E-state index contributed by atoms with van der Waals surface area (Å²) in [5, 5.41) is 24.5. The fourth-order valence-corrected chi connectivity index (χ4v) is 3.48. The standard InChI is InChI=1S/C23H41N3O6/c1-8-23(7,22(5,6)26(28)32-24-31-21(2,3)4)29-19-15-12-16-20(17-19)30-25(27)18-13-10-9-11-14-18/h12-13,15,17,19,24-26H,8-11,14,16H2,1-7H3. The highest BCUT2D eigenvalue weighted by Crippen LogP contribution is 2.30. The molecule has 2 rings (SSSR count). The maximum Gasteiger partial charge on any atom is 0.170 e. The van der Waals surface area contributed by atoms with Gasteiger partial charge in [-0.05, 0) is 85.0 Å². The summed E-state index contributed by atoms with van der Waals surface area (Å²) in [5.74, 6) is 0.563. The molecule has 2 aliphatic rings. The van der Waals surface area contributed by atoms with Crippen molar-refractivity contribution in [2.75, 3.05) is 0 Å². The van der Waals surface area contributed by atoms with Crippen LogP contribution < -0.4 is 16.1 Å². The van der Waals surface area contributed by atoms with E-state index in [1.807, 2.05) is 52.8 Å². The van der Waals surface area contributed by atoms with Crippen molar-refractivity contribution >= 4 is 0 Å². The molecule has 0 aromatic carbocycles. The zero-order valence-electron chi connectivity index (χ0n) is 20.6.